The zero-order valence-corrected chi connectivity index (χ0v) is 12.4. The first-order valence-corrected chi connectivity index (χ1v) is 7.40. The Hall–Kier alpha value is -1.62. The van der Waals surface area contributed by atoms with Crippen LogP contribution in [0, 0.1) is 5.92 Å². The molecule has 0 heterocycles. The highest BCUT2D eigenvalue weighted by Crippen LogP contribution is 2.27. The van der Waals surface area contributed by atoms with Gasteiger partial charge < -0.3 is 15.4 Å². The van der Waals surface area contributed by atoms with Crippen LogP contribution in [-0.4, -0.2) is 23.7 Å². The summed E-state index contributed by atoms with van der Waals surface area (Å²) in [4.78, 5) is 11.9. The number of esters is 1. The van der Waals surface area contributed by atoms with E-state index >= 15 is 0 Å². The van der Waals surface area contributed by atoms with Crippen molar-refractivity contribution in [1.82, 2.24) is 5.32 Å². The Morgan fingerprint density at radius 2 is 2.10 bits per heavy atom. The molecule has 0 unspecified atom stereocenters. The van der Waals surface area contributed by atoms with Crippen molar-refractivity contribution >= 4 is 29.0 Å². The molecular weight excluding hydrogens is 272 g/mol. The Labute approximate surface area is 124 Å². The van der Waals surface area contributed by atoms with Gasteiger partial charge in [0.1, 0.15) is 0 Å². The maximum absolute atomic E-state index is 11.9. The van der Waals surface area contributed by atoms with Crippen molar-refractivity contribution < 1.29 is 9.53 Å². The summed E-state index contributed by atoms with van der Waals surface area (Å²) in [7, 11) is 0. The number of nitrogens with one attached hydrogen (secondary N) is 2. The van der Waals surface area contributed by atoms with Crippen LogP contribution in [0.4, 0.5) is 5.69 Å². The highest BCUT2D eigenvalue weighted by molar-refractivity contribution is 7.80. The molecule has 0 amide bonds. The van der Waals surface area contributed by atoms with Crippen molar-refractivity contribution in [1.29, 1.82) is 0 Å². The van der Waals surface area contributed by atoms with E-state index in [-0.39, 0.29) is 17.9 Å². The lowest BCUT2D eigenvalue weighted by molar-refractivity contribution is -0.148. The van der Waals surface area contributed by atoms with Crippen molar-refractivity contribution in [3.63, 3.8) is 0 Å². The van der Waals surface area contributed by atoms with Crippen LogP contribution in [0.2, 0.25) is 0 Å². The van der Waals surface area contributed by atoms with Gasteiger partial charge in [-0.25, -0.2) is 0 Å². The minimum absolute atomic E-state index is 0.0674. The molecule has 0 saturated heterocycles. The number of carbonyl (C=O) groups is 1. The van der Waals surface area contributed by atoms with E-state index in [1.165, 1.54) is 0 Å². The fourth-order valence-corrected chi connectivity index (χ4v) is 2.79. The summed E-state index contributed by atoms with van der Waals surface area (Å²) >= 11 is 5.30. The van der Waals surface area contributed by atoms with Gasteiger partial charge >= 0.3 is 5.97 Å². The number of anilines is 1. The van der Waals surface area contributed by atoms with Crippen LogP contribution in [0.25, 0.3) is 0 Å². The van der Waals surface area contributed by atoms with Crippen molar-refractivity contribution in [3.8, 4) is 0 Å². The topological polar surface area (TPSA) is 50.4 Å². The van der Waals surface area contributed by atoms with Gasteiger partial charge in [-0.1, -0.05) is 24.6 Å². The van der Waals surface area contributed by atoms with Gasteiger partial charge in [0.05, 0.1) is 12.5 Å². The molecule has 108 valence electrons. The van der Waals surface area contributed by atoms with Gasteiger partial charge in [-0.3, -0.25) is 4.79 Å². The van der Waals surface area contributed by atoms with Crippen LogP contribution in [-0.2, 0) is 9.53 Å². The average molecular weight is 292 g/mol. The molecule has 1 saturated carbocycles. The molecule has 0 aliphatic heterocycles. The second-order valence-electron chi connectivity index (χ2n) is 4.86. The highest BCUT2D eigenvalue weighted by Gasteiger charge is 2.34. The molecule has 0 spiro atoms. The predicted octanol–water partition coefficient (Wildman–Crippen LogP) is 2.70. The number of benzene rings is 1. The quantitative estimate of drug-likeness (QED) is 0.660. The molecule has 1 aromatic carbocycles. The molecule has 2 N–H and O–H groups in total. The molecule has 2 rings (SSSR count). The number of para-hydroxylation sites is 1. The SMILES string of the molecule is CCOC(=O)[C@H]1CCC[C@@H]1NC(=S)Nc1ccccc1. The van der Waals surface area contributed by atoms with Gasteiger partial charge in [0, 0.05) is 11.7 Å². The van der Waals surface area contributed by atoms with Crippen molar-refractivity contribution in [2.24, 2.45) is 5.92 Å². The van der Waals surface area contributed by atoms with Crippen LogP contribution < -0.4 is 10.6 Å². The summed E-state index contributed by atoms with van der Waals surface area (Å²) < 4.78 is 5.11. The maximum atomic E-state index is 11.9. The molecular formula is C15H20N2O2S. The minimum Gasteiger partial charge on any atom is -0.466 e. The Bertz CT molecular complexity index is 464. The number of thiocarbonyl (C=S) groups is 1. The monoisotopic (exact) mass is 292 g/mol. The second-order valence-corrected chi connectivity index (χ2v) is 5.27. The Morgan fingerprint density at radius 3 is 2.80 bits per heavy atom. The van der Waals surface area contributed by atoms with Crippen molar-refractivity contribution in [3.05, 3.63) is 30.3 Å². The molecule has 0 aromatic heterocycles. The number of carbonyl (C=O) groups excluding carboxylic acids is 1. The summed E-state index contributed by atoms with van der Waals surface area (Å²) in [6.45, 7) is 2.26. The summed E-state index contributed by atoms with van der Waals surface area (Å²) in [5, 5.41) is 6.92. The van der Waals surface area contributed by atoms with Crippen LogP contribution >= 0.6 is 12.2 Å². The first kappa shape index (κ1) is 14.8. The van der Waals surface area contributed by atoms with Gasteiger partial charge in [0.15, 0.2) is 5.11 Å². The molecule has 1 aromatic rings. The van der Waals surface area contributed by atoms with Gasteiger partial charge in [0.2, 0.25) is 0 Å². The van der Waals surface area contributed by atoms with Crippen LogP contribution in [0.15, 0.2) is 30.3 Å². The zero-order valence-electron chi connectivity index (χ0n) is 11.6. The number of rotatable bonds is 4. The average Bonchev–Trinajstić information content (AvgIpc) is 2.88. The largest absolute Gasteiger partial charge is 0.466 e. The lowest BCUT2D eigenvalue weighted by Crippen LogP contribution is -2.42. The third-order valence-corrected chi connectivity index (χ3v) is 3.67. The number of hydrogen-bond donors (Lipinski definition) is 2. The minimum atomic E-state index is -0.120. The van der Waals surface area contributed by atoms with Crippen LogP contribution in [0.5, 0.6) is 0 Å². The maximum Gasteiger partial charge on any atom is 0.311 e. The van der Waals surface area contributed by atoms with E-state index in [4.69, 9.17) is 17.0 Å². The smallest absolute Gasteiger partial charge is 0.311 e. The number of hydrogen-bond acceptors (Lipinski definition) is 3. The Balaban J connectivity index is 1.88. The lowest BCUT2D eigenvalue weighted by atomic mass is 10.0. The van der Waals surface area contributed by atoms with Crippen molar-refractivity contribution in [2.75, 3.05) is 11.9 Å². The van der Waals surface area contributed by atoms with E-state index in [9.17, 15) is 4.79 Å². The molecule has 0 radical (unpaired) electrons. The van der Waals surface area contributed by atoms with E-state index in [0.29, 0.717) is 11.7 Å². The first-order valence-electron chi connectivity index (χ1n) is 7.00. The van der Waals surface area contributed by atoms with Crippen molar-refractivity contribution in [2.45, 2.75) is 32.2 Å². The molecule has 1 fully saturated rings. The fourth-order valence-electron chi connectivity index (χ4n) is 2.52. The van der Waals surface area contributed by atoms with Gasteiger partial charge in [-0.05, 0) is 44.1 Å². The molecule has 20 heavy (non-hydrogen) atoms. The normalized spacial score (nSPS) is 21.2. The van der Waals surface area contributed by atoms with E-state index < -0.39 is 0 Å². The summed E-state index contributed by atoms with van der Waals surface area (Å²) in [6, 6.07) is 9.81. The van der Waals surface area contributed by atoms with E-state index in [1.54, 1.807) is 0 Å². The van der Waals surface area contributed by atoms with Gasteiger partial charge in [-0.2, -0.15) is 0 Å². The van der Waals surface area contributed by atoms with Gasteiger partial charge in [0.25, 0.3) is 0 Å². The number of ether oxygens (including phenoxy) is 1. The fraction of sp³-hybridized carbons (Fsp3) is 0.467. The molecule has 1 aliphatic rings. The predicted molar refractivity (Wildman–Crippen MR) is 83.6 cm³/mol. The van der Waals surface area contributed by atoms with Gasteiger partial charge in [-0.15, -0.1) is 0 Å². The summed E-state index contributed by atoms with van der Waals surface area (Å²) in [6.07, 6.45) is 2.83. The summed E-state index contributed by atoms with van der Waals surface area (Å²) in [5.41, 5.74) is 0.940. The molecule has 5 heteroatoms. The standard InChI is InChI=1S/C15H20N2O2S/c1-2-19-14(18)12-9-6-10-13(12)17-15(20)16-11-7-4-3-5-8-11/h3-5,7-8,12-13H,2,6,9-10H2,1H3,(H2,16,17,20)/t12-,13-/m0/s1. The lowest BCUT2D eigenvalue weighted by Gasteiger charge is -2.21. The highest BCUT2D eigenvalue weighted by atomic mass is 32.1. The van der Waals surface area contributed by atoms with E-state index in [1.807, 2.05) is 37.3 Å². The Morgan fingerprint density at radius 1 is 1.35 bits per heavy atom. The van der Waals surface area contributed by atoms with E-state index in [0.717, 1.165) is 24.9 Å². The zero-order chi connectivity index (χ0) is 14.4. The van der Waals surface area contributed by atoms with Crippen LogP contribution in [0.1, 0.15) is 26.2 Å². The molecule has 2 atom stereocenters. The molecule has 4 nitrogen and oxygen atoms in total. The summed E-state index contributed by atoms with van der Waals surface area (Å²) in [5.74, 6) is -0.213. The Kier molecular flexibility index (Phi) is 5.35. The molecule has 0 bridgehead atoms. The third kappa shape index (κ3) is 3.93. The first-order chi connectivity index (χ1) is 9.70. The second kappa shape index (κ2) is 7.24. The molecule has 1 aliphatic carbocycles. The van der Waals surface area contributed by atoms with E-state index in [2.05, 4.69) is 10.6 Å². The van der Waals surface area contributed by atoms with Crippen LogP contribution in [0.3, 0.4) is 0 Å². The third-order valence-electron chi connectivity index (χ3n) is 3.45.